The first-order valence-electron chi connectivity index (χ1n) is 8.51. The largest absolute Gasteiger partial charge is 0.393 e. The number of allylic oxidation sites excluding steroid dienone is 1. The van der Waals surface area contributed by atoms with E-state index in [9.17, 15) is 9.90 Å². The Bertz CT molecular complexity index is 701. The van der Waals surface area contributed by atoms with Crippen LogP contribution in [0, 0.1) is 18.3 Å². The van der Waals surface area contributed by atoms with Crippen molar-refractivity contribution >= 4 is 17.2 Å². The Labute approximate surface area is 146 Å². The van der Waals surface area contributed by atoms with Crippen molar-refractivity contribution in [3.63, 3.8) is 0 Å². The smallest absolute Gasteiger partial charge is 0.254 e. The van der Waals surface area contributed by atoms with Crippen molar-refractivity contribution in [1.82, 2.24) is 4.57 Å². The van der Waals surface area contributed by atoms with E-state index in [1.807, 2.05) is 17.7 Å². The summed E-state index contributed by atoms with van der Waals surface area (Å²) in [4.78, 5) is 19.4. The van der Waals surface area contributed by atoms with Gasteiger partial charge in [0.15, 0.2) is 4.80 Å². The number of methoxy groups -OCH3 is 1. The first kappa shape index (κ1) is 17.6. The lowest BCUT2D eigenvalue weighted by atomic mass is 9.59. The Hall–Kier alpha value is -1.24. The van der Waals surface area contributed by atoms with Gasteiger partial charge in [0.2, 0.25) is 0 Å². The van der Waals surface area contributed by atoms with Gasteiger partial charge in [-0.2, -0.15) is 4.99 Å². The fraction of sp³-hybridized carbons (Fsp3) is 0.667. The van der Waals surface area contributed by atoms with Crippen LogP contribution in [0.25, 0.3) is 0 Å². The van der Waals surface area contributed by atoms with Gasteiger partial charge in [0.1, 0.15) is 0 Å². The lowest BCUT2D eigenvalue weighted by Crippen LogP contribution is -2.45. The fourth-order valence-electron chi connectivity index (χ4n) is 4.29. The first-order chi connectivity index (χ1) is 11.4. The normalized spacial score (nSPS) is 30.6. The van der Waals surface area contributed by atoms with Crippen LogP contribution in [-0.4, -0.2) is 35.4 Å². The topological polar surface area (TPSA) is 63.8 Å². The van der Waals surface area contributed by atoms with Crippen LogP contribution in [0.15, 0.2) is 23.3 Å². The second kappa shape index (κ2) is 6.94. The highest BCUT2D eigenvalue weighted by atomic mass is 32.1. The molecule has 1 aromatic rings. The molecule has 1 heterocycles. The molecule has 3 rings (SSSR count). The van der Waals surface area contributed by atoms with Gasteiger partial charge in [-0.05, 0) is 44.9 Å². The Balaban J connectivity index is 1.92. The van der Waals surface area contributed by atoms with Gasteiger partial charge in [0, 0.05) is 24.7 Å². The minimum absolute atomic E-state index is 0.0971. The van der Waals surface area contributed by atoms with Crippen LogP contribution < -0.4 is 4.80 Å². The summed E-state index contributed by atoms with van der Waals surface area (Å²) in [6.07, 6.45) is 5.30. The summed E-state index contributed by atoms with van der Waals surface area (Å²) in [5.41, 5.74) is 0.561. The Morgan fingerprint density at radius 2 is 2.38 bits per heavy atom. The summed E-state index contributed by atoms with van der Waals surface area (Å²) in [7, 11) is 1.66. The maximum atomic E-state index is 13.1. The highest BCUT2D eigenvalue weighted by molar-refractivity contribution is 7.09. The van der Waals surface area contributed by atoms with Crippen molar-refractivity contribution in [3.05, 3.63) is 28.0 Å². The van der Waals surface area contributed by atoms with Gasteiger partial charge < -0.3 is 14.4 Å². The monoisotopic (exact) mass is 350 g/mol. The number of aromatic nitrogens is 1. The second-order valence-corrected chi connectivity index (χ2v) is 8.52. The molecule has 2 saturated carbocycles. The van der Waals surface area contributed by atoms with E-state index in [1.54, 1.807) is 7.11 Å². The van der Waals surface area contributed by atoms with E-state index < -0.39 is 11.5 Å². The molecule has 0 aromatic carbocycles. The molecule has 0 saturated heterocycles. The summed E-state index contributed by atoms with van der Waals surface area (Å²) in [6, 6.07) is 0. The zero-order valence-corrected chi connectivity index (χ0v) is 15.3. The summed E-state index contributed by atoms with van der Waals surface area (Å²) < 4.78 is 7.11. The SMILES string of the molecule is C=C1C[C@H]2C[C@@H](O)C[C@@](C(=O)/N=c3\sc(C)cn3CCOC)(C1)C2. The summed E-state index contributed by atoms with van der Waals surface area (Å²) >= 11 is 1.52. The lowest BCUT2D eigenvalue weighted by molar-refractivity contribution is -0.135. The van der Waals surface area contributed by atoms with Crippen molar-refractivity contribution in [3.8, 4) is 0 Å². The minimum atomic E-state index is -0.561. The zero-order valence-electron chi connectivity index (χ0n) is 14.5. The number of hydrogen-bond acceptors (Lipinski definition) is 4. The number of aliphatic hydroxyl groups is 1. The third-order valence-corrected chi connectivity index (χ3v) is 6.04. The van der Waals surface area contributed by atoms with Crippen LogP contribution in [-0.2, 0) is 16.1 Å². The van der Waals surface area contributed by atoms with Crippen LogP contribution in [0.1, 0.15) is 37.0 Å². The van der Waals surface area contributed by atoms with Gasteiger partial charge in [0.05, 0.1) is 18.1 Å². The molecular weight excluding hydrogens is 324 g/mol. The van der Waals surface area contributed by atoms with Crippen LogP contribution in [0.5, 0.6) is 0 Å². The third kappa shape index (κ3) is 3.55. The van der Waals surface area contributed by atoms with Crippen molar-refractivity contribution in [1.29, 1.82) is 0 Å². The molecule has 2 fully saturated rings. The van der Waals surface area contributed by atoms with E-state index in [4.69, 9.17) is 4.74 Å². The molecule has 5 nitrogen and oxygen atoms in total. The maximum Gasteiger partial charge on any atom is 0.254 e. The van der Waals surface area contributed by atoms with Crippen molar-refractivity contribution in [2.45, 2.75) is 51.7 Å². The van der Waals surface area contributed by atoms with Gasteiger partial charge in [-0.1, -0.05) is 12.2 Å². The number of hydrogen-bond donors (Lipinski definition) is 1. The highest BCUT2D eigenvalue weighted by Gasteiger charge is 2.48. The number of aliphatic hydroxyl groups excluding tert-OH is 1. The van der Waals surface area contributed by atoms with Crippen molar-refractivity contribution in [2.75, 3.05) is 13.7 Å². The van der Waals surface area contributed by atoms with Gasteiger partial charge in [-0.25, -0.2) is 0 Å². The van der Waals surface area contributed by atoms with Crippen LogP contribution in [0.4, 0.5) is 0 Å². The fourth-order valence-corrected chi connectivity index (χ4v) is 5.15. The Morgan fingerprint density at radius 1 is 1.58 bits per heavy atom. The average Bonchev–Trinajstić information content (AvgIpc) is 2.83. The van der Waals surface area contributed by atoms with E-state index in [1.165, 1.54) is 11.3 Å². The number of rotatable bonds is 4. The molecule has 1 amide bonds. The van der Waals surface area contributed by atoms with Gasteiger partial charge >= 0.3 is 0 Å². The summed E-state index contributed by atoms with van der Waals surface area (Å²) in [6.45, 7) is 7.40. The molecule has 132 valence electrons. The number of thiazole rings is 1. The quantitative estimate of drug-likeness (QED) is 0.848. The van der Waals surface area contributed by atoms with Gasteiger partial charge in [-0.15, -0.1) is 11.3 Å². The van der Waals surface area contributed by atoms with Crippen molar-refractivity contribution in [2.24, 2.45) is 16.3 Å². The Kier molecular flexibility index (Phi) is 5.08. The minimum Gasteiger partial charge on any atom is -0.393 e. The number of fused-ring (bicyclic) bond motifs is 2. The van der Waals surface area contributed by atoms with Crippen LogP contribution >= 0.6 is 11.3 Å². The van der Waals surface area contributed by atoms with E-state index in [2.05, 4.69) is 11.6 Å². The predicted molar refractivity (Wildman–Crippen MR) is 93.6 cm³/mol. The molecule has 6 heteroatoms. The number of aryl methyl sites for hydroxylation is 1. The molecule has 1 aromatic heterocycles. The molecule has 24 heavy (non-hydrogen) atoms. The van der Waals surface area contributed by atoms with Crippen molar-refractivity contribution < 1.29 is 14.6 Å². The van der Waals surface area contributed by atoms with Gasteiger partial charge in [-0.3, -0.25) is 4.79 Å². The number of carbonyl (C=O) groups is 1. The first-order valence-corrected chi connectivity index (χ1v) is 9.33. The van der Waals surface area contributed by atoms with E-state index in [0.717, 1.165) is 34.5 Å². The summed E-state index contributed by atoms with van der Waals surface area (Å²) in [5, 5.41) is 10.2. The highest BCUT2D eigenvalue weighted by Crippen LogP contribution is 2.51. The number of nitrogens with zero attached hydrogens (tertiary/aromatic N) is 2. The predicted octanol–water partition coefficient (Wildman–Crippen LogP) is 2.43. The zero-order chi connectivity index (χ0) is 17.3. The molecule has 2 bridgehead atoms. The molecule has 1 N–H and O–H groups in total. The van der Waals surface area contributed by atoms with Crippen LogP contribution in [0.2, 0.25) is 0 Å². The number of amides is 1. The lowest BCUT2D eigenvalue weighted by Gasteiger charge is -2.45. The number of carbonyl (C=O) groups excluding carboxylic acids is 1. The summed E-state index contributed by atoms with van der Waals surface area (Å²) in [5.74, 6) is 0.264. The van der Waals surface area contributed by atoms with E-state index >= 15 is 0 Å². The molecule has 0 aliphatic heterocycles. The standard InChI is InChI=1S/C18H26N2O3S/c1-12-6-14-7-15(21)10-18(8-12,9-14)16(22)19-17-20(4-5-23-3)11-13(2)24-17/h11,14-15,21H,1,4-10H2,2-3H3/b19-17-/t14-,15+,18+/m0/s1. The van der Waals surface area contributed by atoms with Gasteiger partial charge in [0.25, 0.3) is 5.91 Å². The number of ether oxygens (including phenoxy) is 1. The second-order valence-electron chi connectivity index (χ2n) is 7.30. The average molecular weight is 350 g/mol. The Morgan fingerprint density at radius 3 is 3.12 bits per heavy atom. The molecule has 3 atom stereocenters. The molecular formula is C18H26N2O3S. The maximum absolute atomic E-state index is 13.1. The van der Waals surface area contributed by atoms with E-state index in [-0.39, 0.29) is 5.91 Å². The molecule has 2 aliphatic carbocycles. The van der Waals surface area contributed by atoms with E-state index in [0.29, 0.717) is 31.9 Å². The molecule has 0 unspecified atom stereocenters. The molecule has 0 radical (unpaired) electrons. The molecule has 2 aliphatic rings. The third-order valence-electron chi connectivity index (χ3n) is 5.10. The molecule has 0 spiro atoms. The van der Waals surface area contributed by atoms with Crippen LogP contribution in [0.3, 0.4) is 0 Å².